The van der Waals surface area contributed by atoms with Gasteiger partial charge in [0.2, 0.25) is 0 Å². The highest BCUT2D eigenvalue weighted by molar-refractivity contribution is 5.62. The number of aromatic nitrogens is 3. The second-order valence-corrected chi connectivity index (χ2v) is 11.6. The topological polar surface area (TPSA) is 30.7 Å². The Morgan fingerprint density at radius 2 is 1.32 bits per heavy atom. The second kappa shape index (κ2) is 7.62. The molecule has 1 heterocycles. The lowest BCUT2D eigenvalue weighted by molar-refractivity contribution is 0.211. The molecule has 166 valence electrons. The summed E-state index contributed by atoms with van der Waals surface area (Å²) in [4.78, 5) is 0. The fourth-order valence-corrected chi connectivity index (χ4v) is 3.69. The van der Waals surface area contributed by atoms with Crippen LogP contribution < -0.4 is 0 Å². The van der Waals surface area contributed by atoms with Gasteiger partial charge in [0.05, 0.1) is 5.69 Å². The third-order valence-electron chi connectivity index (χ3n) is 7.17. The number of nitrogens with zero attached hydrogens (tertiary/aromatic N) is 3. The van der Waals surface area contributed by atoms with Gasteiger partial charge in [-0.1, -0.05) is 79.7 Å². The van der Waals surface area contributed by atoms with E-state index in [1.54, 1.807) is 0 Å². The van der Waals surface area contributed by atoms with Gasteiger partial charge in [0.1, 0.15) is 5.82 Å². The molecule has 3 heteroatoms. The molecule has 3 rings (SSSR count). The van der Waals surface area contributed by atoms with Crippen LogP contribution in [0.1, 0.15) is 83.5 Å². The van der Waals surface area contributed by atoms with Gasteiger partial charge in [0, 0.05) is 11.0 Å². The zero-order valence-corrected chi connectivity index (χ0v) is 21.3. The van der Waals surface area contributed by atoms with Crippen molar-refractivity contribution in [2.75, 3.05) is 0 Å². The Morgan fingerprint density at radius 3 is 1.84 bits per heavy atom. The van der Waals surface area contributed by atoms with Crippen molar-refractivity contribution < 1.29 is 0 Å². The lowest BCUT2D eigenvalue weighted by Gasteiger charge is -2.38. The van der Waals surface area contributed by atoms with Crippen LogP contribution in [0.25, 0.3) is 17.1 Å². The van der Waals surface area contributed by atoms with E-state index in [0.717, 1.165) is 22.9 Å². The molecule has 2 aromatic carbocycles. The van der Waals surface area contributed by atoms with Crippen molar-refractivity contribution in [1.29, 1.82) is 0 Å². The molecule has 3 aromatic rings. The van der Waals surface area contributed by atoms with Crippen molar-refractivity contribution in [2.45, 2.75) is 87.0 Å². The van der Waals surface area contributed by atoms with Crippen molar-refractivity contribution in [3.63, 3.8) is 0 Å². The molecule has 0 unspecified atom stereocenters. The summed E-state index contributed by atoms with van der Waals surface area (Å²) >= 11 is 0. The average molecular weight is 418 g/mol. The molecule has 0 spiro atoms. The van der Waals surface area contributed by atoms with E-state index in [2.05, 4.69) is 117 Å². The summed E-state index contributed by atoms with van der Waals surface area (Å²) in [5, 5.41) is 9.52. The third kappa shape index (κ3) is 4.20. The van der Waals surface area contributed by atoms with E-state index in [4.69, 9.17) is 10.2 Å². The van der Waals surface area contributed by atoms with E-state index in [-0.39, 0.29) is 16.2 Å². The molecule has 0 bridgehead atoms. The number of rotatable bonds is 3. The Hall–Kier alpha value is -2.42. The van der Waals surface area contributed by atoms with Crippen molar-refractivity contribution in [3.05, 3.63) is 64.5 Å². The number of hydrogen-bond acceptors (Lipinski definition) is 2. The van der Waals surface area contributed by atoms with Gasteiger partial charge in [0.15, 0.2) is 5.82 Å². The predicted molar refractivity (Wildman–Crippen MR) is 132 cm³/mol. The highest BCUT2D eigenvalue weighted by Gasteiger charge is 2.40. The van der Waals surface area contributed by atoms with Crippen molar-refractivity contribution in [3.8, 4) is 17.1 Å². The quantitative estimate of drug-likeness (QED) is 0.442. The van der Waals surface area contributed by atoms with Gasteiger partial charge >= 0.3 is 0 Å². The summed E-state index contributed by atoms with van der Waals surface area (Å²) in [6.07, 6.45) is 0. The first-order valence-corrected chi connectivity index (χ1v) is 11.3. The van der Waals surface area contributed by atoms with Crippen molar-refractivity contribution in [1.82, 2.24) is 14.8 Å². The van der Waals surface area contributed by atoms with Crippen LogP contribution in [0.4, 0.5) is 0 Å². The van der Waals surface area contributed by atoms with Gasteiger partial charge < -0.3 is 0 Å². The van der Waals surface area contributed by atoms with Gasteiger partial charge in [-0.25, -0.2) is 0 Å². The van der Waals surface area contributed by atoms with E-state index in [1.807, 2.05) is 0 Å². The highest BCUT2D eigenvalue weighted by Crippen LogP contribution is 2.42. The van der Waals surface area contributed by atoms with Crippen LogP contribution in [0.15, 0.2) is 36.4 Å². The van der Waals surface area contributed by atoms with Crippen LogP contribution in [-0.4, -0.2) is 14.8 Å². The van der Waals surface area contributed by atoms with E-state index in [0.29, 0.717) is 0 Å². The number of benzene rings is 2. The molecule has 0 saturated heterocycles. The van der Waals surface area contributed by atoms with Gasteiger partial charge in [-0.2, -0.15) is 0 Å². The van der Waals surface area contributed by atoms with Crippen LogP contribution in [0, 0.1) is 26.2 Å². The molecule has 0 aliphatic carbocycles. The smallest absolute Gasteiger partial charge is 0.168 e. The Labute approximate surface area is 188 Å². The van der Waals surface area contributed by atoms with Crippen molar-refractivity contribution >= 4 is 0 Å². The van der Waals surface area contributed by atoms with E-state index < -0.39 is 0 Å². The van der Waals surface area contributed by atoms with E-state index in [9.17, 15) is 0 Å². The Balaban J connectivity index is 2.33. The molecule has 0 atom stereocenters. The maximum absolute atomic E-state index is 4.78. The fraction of sp³-hybridized carbons (Fsp3) is 0.500. The molecule has 0 N–H and O–H groups in total. The molecule has 0 aliphatic rings. The molecule has 1 aromatic heterocycles. The molecule has 0 radical (unpaired) electrons. The molecule has 0 aliphatic heterocycles. The predicted octanol–water partition coefficient (Wildman–Crippen LogP) is 7.48. The van der Waals surface area contributed by atoms with E-state index >= 15 is 0 Å². The standard InChI is InChI=1S/C28H39N3/c1-18-12-13-21(16-19(18)2)24-29-30-25(28(10,11)27(7,8)9)31(24)23-15-14-22(17-20(23)3)26(4,5)6/h12-17H,1-11H3. The van der Waals surface area contributed by atoms with Crippen LogP contribution in [-0.2, 0) is 10.8 Å². The summed E-state index contributed by atoms with van der Waals surface area (Å²) in [6, 6.07) is 13.4. The largest absolute Gasteiger partial charge is 0.278 e. The molecule has 0 fully saturated rings. The highest BCUT2D eigenvalue weighted by atomic mass is 15.3. The molecule has 0 saturated carbocycles. The van der Waals surface area contributed by atoms with Crippen LogP contribution >= 0.6 is 0 Å². The monoisotopic (exact) mass is 417 g/mol. The Kier molecular flexibility index (Phi) is 5.71. The number of aryl methyl sites for hydroxylation is 3. The van der Waals surface area contributed by atoms with Crippen LogP contribution in [0.3, 0.4) is 0 Å². The average Bonchev–Trinajstić information content (AvgIpc) is 3.07. The first kappa shape index (κ1) is 23.2. The molecule has 3 nitrogen and oxygen atoms in total. The van der Waals surface area contributed by atoms with Gasteiger partial charge in [-0.05, 0) is 66.0 Å². The fourth-order valence-electron chi connectivity index (χ4n) is 3.69. The maximum Gasteiger partial charge on any atom is 0.168 e. The lowest BCUT2D eigenvalue weighted by Crippen LogP contribution is -2.36. The first-order chi connectivity index (χ1) is 14.1. The van der Waals surface area contributed by atoms with Gasteiger partial charge in [0.25, 0.3) is 0 Å². The minimum atomic E-state index is -0.173. The summed E-state index contributed by atoms with van der Waals surface area (Å²) in [5.41, 5.74) is 7.35. The zero-order chi connectivity index (χ0) is 23.4. The lowest BCUT2D eigenvalue weighted by atomic mass is 9.68. The molecular weight excluding hydrogens is 378 g/mol. The first-order valence-electron chi connectivity index (χ1n) is 11.3. The second-order valence-electron chi connectivity index (χ2n) is 11.6. The normalized spacial score (nSPS) is 13.0. The number of hydrogen-bond donors (Lipinski definition) is 0. The summed E-state index contributed by atoms with van der Waals surface area (Å²) < 4.78 is 2.29. The SMILES string of the molecule is Cc1ccc(-c2nnc(C(C)(C)C(C)(C)C)n2-c2ccc(C(C)(C)C)cc2C)cc1C. The van der Waals surface area contributed by atoms with Gasteiger partial charge in [-0.3, -0.25) is 4.57 Å². The maximum atomic E-state index is 4.78. The Bertz CT molecular complexity index is 1100. The van der Waals surface area contributed by atoms with Gasteiger partial charge in [-0.15, -0.1) is 10.2 Å². The minimum Gasteiger partial charge on any atom is -0.278 e. The van der Waals surface area contributed by atoms with Crippen LogP contribution in [0.2, 0.25) is 0 Å². The summed E-state index contributed by atoms with van der Waals surface area (Å²) in [6.45, 7) is 24.6. The zero-order valence-electron chi connectivity index (χ0n) is 21.3. The Morgan fingerprint density at radius 1 is 0.677 bits per heavy atom. The van der Waals surface area contributed by atoms with Crippen molar-refractivity contribution in [2.24, 2.45) is 5.41 Å². The molecular formula is C28H39N3. The van der Waals surface area contributed by atoms with Crippen LogP contribution in [0.5, 0.6) is 0 Å². The molecule has 0 amide bonds. The van der Waals surface area contributed by atoms with E-state index in [1.165, 1.54) is 22.3 Å². The summed E-state index contributed by atoms with van der Waals surface area (Å²) in [5.74, 6) is 1.90. The summed E-state index contributed by atoms with van der Waals surface area (Å²) in [7, 11) is 0. The third-order valence-corrected chi connectivity index (χ3v) is 7.17. The minimum absolute atomic E-state index is 0.0253. The molecule has 31 heavy (non-hydrogen) atoms.